The zero-order chi connectivity index (χ0) is 9.42. The monoisotopic (exact) mass is 179 g/mol. The molecule has 0 saturated carbocycles. The molecule has 2 aliphatic heterocycles. The van der Waals surface area contributed by atoms with E-state index in [-0.39, 0.29) is 18.0 Å². The van der Waals surface area contributed by atoms with Gasteiger partial charge >= 0.3 is 0 Å². The fourth-order valence-electron chi connectivity index (χ4n) is 2.44. The standard InChI is InChI=1S/C10H13NO2/c1-2-10(13)11-7-3-4-8(11)6-9(12)5-7/h2,7-8H,1,3-6H2. The smallest absolute Gasteiger partial charge is 0.246 e. The maximum atomic E-state index is 11.4. The van der Waals surface area contributed by atoms with Crippen LogP contribution >= 0.6 is 0 Å². The van der Waals surface area contributed by atoms with Gasteiger partial charge in [-0.3, -0.25) is 9.59 Å². The highest BCUT2D eigenvalue weighted by molar-refractivity contribution is 5.90. The van der Waals surface area contributed by atoms with Crippen molar-refractivity contribution in [2.45, 2.75) is 37.8 Å². The lowest BCUT2D eigenvalue weighted by molar-refractivity contribution is -0.134. The number of hydrogen-bond donors (Lipinski definition) is 0. The summed E-state index contributed by atoms with van der Waals surface area (Å²) < 4.78 is 0. The minimum Gasteiger partial charge on any atom is -0.332 e. The molecule has 1 amide bonds. The Hall–Kier alpha value is -1.12. The van der Waals surface area contributed by atoms with E-state index in [4.69, 9.17) is 0 Å². The number of carbonyl (C=O) groups is 2. The lowest BCUT2D eigenvalue weighted by atomic mass is 10.0. The number of hydrogen-bond acceptors (Lipinski definition) is 2. The molecule has 0 radical (unpaired) electrons. The molecule has 2 atom stereocenters. The summed E-state index contributed by atoms with van der Waals surface area (Å²) in [4.78, 5) is 24.5. The minimum atomic E-state index is -0.0139. The van der Waals surface area contributed by atoms with Gasteiger partial charge in [0.15, 0.2) is 0 Å². The summed E-state index contributed by atoms with van der Waals surface area (Å²) in [5.74, 6) is 0.292. The van der Waals surface area contributed by atoms with Gasteiger partial charge < -0.3 is 4.90 Å². The van der Waals surface area contributed by atoms with Crippen LogP contribution in [0, 0.1) is 0 Å². The van der Waals surface area contributed by atoms with Crippen molar-refractivity contribution in [1.29, 1.82) is 0 Å². The molecule has 2 fully saturated rings. The van der Waals surface area contributed by atoms with Gasteiger partial charge in [0.05, 0.1) is 0 Å². The Bertz CT molecular complexity index is 256. The molecule has 0 aromatic heterocycles. The van der Waals surface area contributed by atoms with E-state index in [1.807, 2.05) is 4.90 Å². The minimum absolute atomic E-state index is 0.0139. The van der Waals surface area contributed by atoms with Gasteiger partial charge in [-0.1, -0.05) is 6.58 Å². The Morgan fingerprint density at radius 2 is 1.92 bits per heavy atom. The van der Waals surface area contributed by atoms with Gasteiger partial charge in [0, 0.05) is 24.9 Å². The number of carbonyl (C=O) groups excluding carboxylic acids is 2. The van der Waals surface area contributed by atoms with Crippen molar-refractivity contribution in [3.63, 3.8) is 0 Å². The molecule has 2 saturated heterocycles. The zero-order valence-electron chi connectivity index (χ0n) is 7.53. The maximum absolute atomic E-state index is 11.4. The zero-order valence-corrected chi connectivity index (χ0v) is 7.53. The molecule has 70 valence electrons. The van der Waals surface area contributed by atoms with Crippen LogP contribution < -0.4 is 0 Å². The number of fused-ring (bicyclic) bond motifs is 2. The summed E-state index contributed by atoms with van der Waals surface area (Å²) in [5, 5.41) is 0. The number of ketones is 1. The predicted molar refractivity (Wildman–Crippen MR) is 48.1 cm³/mol. The highest BCUT2D eigenvalue weighted by atomic mass is 16.2. The SMILES string of the molecule is C=CC(=O)N1C2CCC1CC(=O)C2. The van der Waals surface area contributed by atoms with E-state index in [0.717, 1.165) is 12.8 Å². The third-order valence-electron chi connectivity index (χ3n) is 2.98. The van der Waals surface area contributed by atoms with E-state index in [9.17, 15) is 9.59 Å². The van der Waals surface area contributed by atoms with Crippen molar-refractivity contribution >= 4 is 11.7 Å². The first-order valence-corrected chi connectivity index (χ1v) is 4.69. The molecule has 0 aromatic carbocycles. The number of Topliss-reactive ketones (excluding diaryl/α,β-unsaturated/α-hetero) is 1. The second-order valence-corrected chi connectivity index (χ2v) is 3.78. The molecule has 2 bridgehead atoms. The average Bonchev–Trinajstić information content (AvgIpc) is 2.37. The predicted octanol–water partition coefficient (Wildman–Crippen LogP) is 0.895. The van der Waals surface area contributed by atoms with Crippen molar-refractivity contribution in [2.75, 3.05) is 0 Å². The van der Waals surface area contributed by atoms with E-state index in [1.54, 1.807) is 0 Å². The van der Waals surface area contributed by atoms with Crippen molar-refractivity contribution < 1.29 is 9.59 Å². The van der Waals surface area contributed by atoms with Crippen LogP contribution in [0.2, 0.25) is 0 Å². The van der Waals surface area contributed by atoms with Crippen molar-refractivity contribution in [3.8, 4) is 0 Å². The highest BCUT2D eigenvalue weighted by Gasteiger charge is 2.41. The van der Waals surface area contributed by atoms with Crippen molar-refractivity contribution in [2.24, 2.45) is 0 Å². The van der Waals surface area contributed by atoms with Gasteiger partial charge in [-0.15, -0.1) is 0 Å². The molecular weight excluding hydrogens is 166 g/mol. The fourth-order valence-corrected chi connectivity index (χ4v) is 2.44. The first kappa shape index (κ1) is 8.48. The summed E-state index contributed by atoms with van der Waals surface area (Å²) >= 11 is 0. The molecule has 0 spiro atoms. The summed E-state index contributed by atoms with van der Waals surface area (Å²) in [6.07, 6.45) is 4.42. The largest absolute Gasteiger partial charge is 0.332 e. The molecule has 2 unspecified atom stereocenters. The summed E-state index contributed by atoms with van der Waals surface area (Å²) in [5.41, 5.74) is 0. The van der Waals surface area contributed by atoms with Crippen LogP contribution in [0.15, 0.2) is 12.7 Å². The third-order valence-corrected chi connectivity index (χ3v) is 2.98. The molecule has 2 heterocycles. The van der Waals surface area contributed by atoms with Crippen LogP contribution in [0.5, 0.6) is 0 Å². The second-order valence-electron chi connectivity index (χ2n) is 3.78. The molecule has 0 aliphatic carbocycles. The Labute approximate surface area is 77.4 Å². The number of piperidine rings is 1. The molecule has 0 N–H and O–H groups in total. The summed E-state index contributed by atoms with van der Waals surface area (Å²) in [7, 11) is 0. The topological polar surface area (TPSA) is 37.4 Å². The van der Waals surface area contributed by atoms with Gasteiger partial charge in [0.25, 0.3) is 0 Å². The van der Waals surface area contributed by atoms with Gasteiger partial charge in [-0.25, -0.2) is 0 Å². The number of rotatable bonds is 1. The Balaban J connectivity index is 2.19. The molecule has 0 aromatic rings. The van der Waals surface area contributed by atoms with E-state index in [2.05, 4.69) is 6.58 Å². The summed E-state index contributed by atoms with van der Waals surface area (Å²) in [6.45, 7) is 3.48. The fraction of sp³-hybridized carbons (Fsp3) is 0.600. The van der Waals surface area contributed by atoms with Crippen LogP contribution in [0.1, 0.15) is 25.7 Å². The average molecular weight is 179 g/mol. The molecule has 2 aliphatic rings. The number of amides is 1. The first-order valence-electron chi connectivity index (χ1n) is 4.69. The van der Waals surface area contributed by atoms with Crippen molar-refractivity contribution in [3.05, 3.63) is 12.7 Å². The number of nitrogens with zero attached hydrogens (tertiary/aromatic N) is 1. The Morgan fingerprint density at radius 3 is 2.38 bits per heavy atom. The quantitative estimate of drug-likeness (QED) is 0.561. The normalized spacial score (nSPS) is 32.0. The van der Waals surface area contributed by atoms with E-state index in [0.29, 0.717) is 18.6 Å². The second kappa shape index (κ2) is 2.98. The van der Waals surface area contributed by atoms with Gasteiger partial charge in [-0.2, -0.15) is 0 Å². The van der Waals surface area contributed by atoms with Crippen molar-refractivity contribution in [1.82, 2.24) is 4.90 Å². The first-order chi connectivity index (χ1) is 6.22. The van der Waals surface area contributed by atoms with Crippen LogP contribution in [-0.4, -0.2) is 28.7 Å². The lowest BCUT2D eigenvalue weighted by Crippen LogP contribution is -2.46. The van der Waals surface area contributed by atoms with E-state index < -0.39 is 0 Å². The van der Waals surface area contributed by atoms with Crippen LogP contribution in [-0.2, 0) is 9.59 Å². The van der Waals surface area contributed by atoms with E-state index in [1.165, 1.54) is 6.08 Å². The molecule has 3 nitrogen and oxygen atoms in total. The van der Waals surface area contributed by atoms with E-state index >= 15 is 0 Å². The highest BCUT2D eigenvalue weighted by Crippen LogP contribution is 2.33. The molecule has 3 heteroatoms. The molecule has 13 heavy (non-hydrogen) atoms. The third kappa shape index (κ3) is 1.28. The summed E-state index contributed by atoms with van der Waals surface area (Å²) in [6, 6.07) is 0.327. The lowest BCUT2D eigenvalue weighted by Gasteiger charge is -2.33. The van der Waals surface area contributed by atoms with Crippen LogP contribution in [0.25, 0.3) is 0 Å². The maximum Gasteiger partial charge on any atom is 0.246 e. The van der Waals surface area contributed by atoms with Crippen LogP contribution in [0.4, 0.5) is 0 Å². The molecule has 2 rings (SSSR count). The van der Waals surface area contributed by atoms with Gasteiger partial charge in [0.2, 0.25) is 5.91 Å². The Morgan fingerprint density at radius 1 is 1.38 bits per heavy atom. The van der Waals surface area contributed by atoms with Crippen LogP contribution in [0.3, 0.4) is 0 Å². The molecular formula is C10H13NO2. The van der Waals surface area contributed by atoms with Gasteiger partial charge in [0.1, 0.15) is 5.78 Å². The Kier molecular flexibility index (Phi) is 1.94. The van der Waals surface area contributed by atoms with Gasteiger partial charge in [-0.05, 0) is 18.9 Å².